The van der Waals surface area contributed by atoms with E-state index in [-0.39, 0.29) is 37.1 Å². The quantitative estimate of drug-likeness (QED) is 0.593. The molecule has 4 N–H and O–H groups in total. The van der Waals surface area contributed by atoms with Crippen LogP contribution in [0, 0.1) is 11.8 Å². The van der Waals surface area contributed by atoms with Gasteiger partial charge in [-0.15, -0.1) is 0 Å². The number of aliphatic hydroxyl groups is 2. The number of nitrogens with zero attached hydrogens (tertiary/aromatic N) is 2. The van der Waals surface area contributed by atoms with E-state index in [1.807, 2.05) is 24.3 Å². The van der Waals surface area contributed by atoms with Crippen LogP contribution in [0.5, 0.6) is 0 Å². The van der Waals surface area contributed by atoms with Crippen molar-refractivity contribution in [2.45, 2.75) is 24.9 Å². The number of nitrogens with one attached hydrogen (secondary N) is 2. The van der Waals surface area contributed by atoms with Gasteiger partial charge >= 0.3 is 0 Å². The highest BCUT2D eigenvalue weighted by Crippen LogP contribution is 2.26. The van der Waals surface area contributed by atoms with Crippen molar-refractivity contribution in [3.05, 3.63) is 35.5 Å². The maximum Gasteiger partial charge on any atom is 0.225 e. The zero-order valence-corrected chi connectivity index (χ0v) is 13.4. The molecule has 0 saturated heterocycles. The van der Waals surface area contributed by atoms with E-state index in [2.05, 4.69) is 20.6 Å². The summed E-state index contributed by atoms with van der Waals surface area (Å²) in [7, 11) is 0. The molecule has 0 bridgehead atoms. The first kappa shape index (κ1) is 16.2. The third kappa shape index (κ3) is 4.02. The van der Waals surface area contributed by atoms with Gasteiger partial charge in [0.1, 0.15) is 5.02 Å². The summed E-state index contributed by atoms with van der Waals surface area (Å²) in [6, 6.07) is 0.226. The van der Waals surface area contributed by atoms with Crippen molar-refractivity contribution in [1.29, 1.82) is 0 Å². The second kappa shape index (κ2) is 7.29. The van der Waals surface area contributed by atoms with Crippen LogP contribution in [0.4, 0.5) is 11.8 Å². The molecule has 0 radical (unpaired) electrons. The fourth-order valence-corrected chi connectivity index (χ4v) is 3.06. The highest BCUT2D eigenvalue weighted by molar-refractivity contribution is 6.32. The van der Waals surface area contributed by atoms with Crippen molar-refractivity contribution < 1.29 is 10.2 Å². The molecule has 4 atom stereocenters. The normalized spacial score (nSPS) is 29.2. The molecule has 1 aromatic heterocycles. The molecule has 23 heavy (non-hydrogen) atoms. The fourth-order valence-electron chi connectivity index (χ4n) is 2.91. The van der Waals surface area contributed by atoms with Gasteiger partial charge in [0.2, 0.25) is 5.95 Å². The molecule has 0 spiro atoms. The van der Waals surface area contributed by atoms with Crippen LogP contribution in [0.2, 0.25) is 5.02 Å². The topological polar surface area (TPSA) is 90.3 Å². The summed E-state index contributed by atoms with van der Waals surface area (Å²) in [6.45, 7) is 0.308. The number of hydrogen-bond donors (Lipinski definition) is 4. The maximum atomic E-state index is 9.18. The molecule has 1 heterocycles. The predicted molar refractivity (Wildman–Crippen MR) is 90.5 cm³/mol. The molecule has 7 heteroatoms. The molecule has 3 rings (SSSR count). The molecule has 1 aromatic rings. The van der Waals surface area contributed by atoms with Crippen molar-refractivity contribution in [1.82, 2.24) is 9.97 Å². The SMILES string of the molecule is OC[C@H]1C=C[C@@H](Nc2ncc(Cl)c(N[C@@H]3C=C[C@H](CO)C3)n2)C1. The second-order valence-electron chi connectivity index (χ2n) is 6.02. The molecule has 2 aliphatic carbocycles. The Balaban J connectivity index is 1.63. The Morgan fingerprint density at radius 3 is 2.17 bits per heavy atom. The fraction of sp³-hybridized carbons (Fsp3) is 0.500. The highest BCUT2D eigenvalue weighted by atomic mass is 35.5. The summed E-state index contributed by atoms with van der Waals surface area (Å²) < 4.78 is 0. The number of aromatic nitrogens is 2. The number of rotatable bonds is 6. The molecular formula is C16H21ClN4O2. The van der Waals surface area contributed by atoms with Crippen LogP contribution in [0.15, 0.2) is 30.5 Å². The summed E-state index contributed by atoms with van der Waals surface area (Å²) >= 11 is 6.17. The lowest BCUT2D eigenvalue weighted by Gasteiger charge is -2.17. The van der Waals surface area contributed by atoms with Gasteiger partial charge in [0.05, 0.1) is 6.20 Å². The largest absolute Gasteiger partial charge is 0.396 e. The lowest BCUT2D eigenvalue weighted by atomic mass is 10.1. The standard InChI is InChI=1S/C16H21ClN4O2/c17-14-7-18-16(20-13-4-2-11(6-13)9-23)21-15(14)19-12-3-1-10(5-12)8-22/h1-4,7,10-13,22-23H,5-6,8-9H2,(H2,18,19,20,21)/t10-,11-,12+,13+/m0/s1. The average molecular weight is 337 g/mol. The van der Waals surface area contributed by atoms with E-state index < -0.39 is 0 Å². The van der Waals surface area contributed by atoms with Crippen LogP contribution >= 0.6 is 11.6 Å². The highest BCUT2D eigenvalue weighted by Gasteiger charge is 2.21. The van der Waals surface area contributed by atoms with Crippen LogP contribution in [-0.4, -0.2) is 45.5 Å². The van der Waals surface area contributed by atoms with Crippen LogP contribution < -0.4 is 10.6 Å². The maximum absolute atomic E-state index is 9.18. The minimum Gasteiger partial charge on any atom is -0.396 e. The minimum absolute atomic E-state index is 0.109. The van der Waals surface area contributed by atoms with Crippen molar-refractivity contribution in [2.75, 3.05) is 23.8 Å². The lowest BCUT2D eigenvalue weighted by molar-refractivity contribution is 0.250. The van der Waals surface area contributed by atoms with Crippen LogP contribution in [-0.2, 0) is 0 Å². The molecule has 0 saturated carbocycles. The van der Waals surface area contributed by atoms with E-state index in [0.29, 0.717) is 16.8 Å². The molecule has 0 aromatic carbocycles. The Kier molecular flexibility index (Phi) is 5.15. The van der Waals surface area contributed by atoms with Crippen molar-refractivity contribution in [3.63, 3.8) is 0 Å². The number of halogens is 1. The third-order valence-electron chi connectivity index (χ3n) is 4.19. The molecule has 0 unspecified atom stereocenters. The van der Waals surface area contributed by atoms with E-state index in [9.17, 15) is 5.11 Å². The summed E-state index contributed by atoms with van der Waals surface area (Å²) in [6.07, 6.45) is 11.3. The molecule has 0 amide bonds. The van der Waals surface area contributed by atoms with E-state index >= 15 is 0 Å². The minimum atomic E-state index is 0.109. The molecule has 124 valence electrons. The monoisotopic (exact) mass is 336 g/mol. The Labute approximate surface area is 140 Å². The van der Waals surface area contributed by atoms with Gasteiger partial charge in [-0.3, -0.25) is 0 Å². The zero-order chi connectivity index (χ0) is 16.2. The van der Waals surface area contributed by atoms with Crippen LogP contribution in [0.25, 0.3) is 0 Å². The summed E-state index contributed by atoms with van der Waals surface area (Å²) in [5, 5.41) is 25.3. The van der Waals surface area contributed by atoms with Crippen LogP contribution in [0.1, 0.15) is 12.8 Å². The lowest BCUT2D eigenvalue weighted by Crippen LogP contribution is -2.21. The van der Waals surface area contributed by atoms with E-state index in [1.54, 1.807) is 6.20 Å². The predicted octanol–water partition coefficient (Wildman–Crippen LogP) is 1.83. The van der Waals surface area contributed by atoms with Crippen LogP contribution in [0.3, 0.4) is 0 Å². The van der Waals surface area contributed by atoms with E-state index in [4.69, 9.17) is 16.7 Å². The molecule has 6 nitrogen and oxygen atoms in total. The van der Waals surface area contributed by atoms with Gasteiger partial charge < -0.3 is 20.8 Å². The summed E-state index contributed by atoms with van der Waals surface area (Å²) in [4.78, 5) is 8.65. The van der Waals surface area contributed by atoms with Crippen molar-refractivity contribution in [3.8, 4) is 0 Å². The Hall–Kier alpha value is -1.63. The summed E-state index contributed by atoms with van der Waals surface area (Å²) in [5.74, 6) is 1.46. The second-order valence-corrected chi connectivity index (χ2v) is 6.43. The van der Waals surface area contributed by atoms with Gasteiger partial charge in [0.25, 0.3) is 0 Å². The van der Waals surface area contributed by atoms with Crippen molar-refractivity contribution in [2.24, 2.45) is 11.8 Å². The van der Waals surface area contributed by atoms with Gasteiger partial charge in [0, 0.05) is 37.1 Å². The smallest absolute Gasteiger partial charge is 0.225 e. The zero-order valence-electron chi connectivity index (χ0n) is 12.7. The number of hydrogen-bond acceptors (Lipinski definition) is 6. The third-order valence-corrected chi connectivity index (χ3v) is 4.47. The Bertz CT molecular complexity index is 608. The van der Waals surface area contributed by atoms with Gasteiger partial charge in [0.15, 0.2) is 5.82 Å². The first-order valence-electron chi connectivity index (χ1n) is 7.82. The van der Waals surface area contributed by atoms with E-state index in [1.165, 1.54) is 0 Å². The van der Waals surface area contributed by atoms with E-state index in [0.717, 1.165) is 12.8 Å². The number of anilines is 2. The molecule has 2 aliphatic rings. The summed E-state index contributed by atoms with van der Waals surface area (Å²) in [5.41, 5.74) is 0. The molecule has 0 fully saturated rings. The van der Waals surface area contributed by atoms with Crippen molar-refractivity contribution >= 4 is 23.4 Å². The van der Waals surface area contributed by atoms with Gasteiger partial charge in [-0.05, 0) is 12.8 Å². The molecular weight excluding hydrogens is 316 g/mol. The van der Waals surface area contributed by atoms with Gasteiger partial charge in [-0.25, -0.2) is 4.98 Å². The van der Waals surface area contributed by atoms with Gasteiger partial charge in [-0.1, -0.05) is 35.9 Å². The van der Waals surface area contributed by atoms with Gasteiger partial charge in [-0.2, -0.15) is 4.98 Å². The average Bonchev–Trinajstić information content (AvgIpc) is 3.19. The Morgan fingerprint density at radius 2 is 1.61 bits per heavy atom. The molecule has 0 aliphatic heterocycles. The first-order valence-corrected chi connectivity index (χ1v) is 8.19. The first-order chi connectivity index (χ1) is 11.2. The Morgan fingerprint density at radius 1 is 1.00 bits per heavy atom. The number of aliphatic hydroxyl groups excluding tert-OH is 2.